The van der Waals surface area contributed by atoms with Crippen molar-refractivity contribution in [2.75, 3.05) is 0 Å². The van der Waals surface area contributed by atoms with Crippen molar-refractivity contribution < 1.29 is 4.74 Å². The monoisotopic (exact) mass is 498 g/mol. The maximum Gasteiger partial charge on any atom is 0.280 e. The Kier molecular flexibility index (Phi) is 6.47. The molecular formula is C24H24Cl2N6O2. The number of aromatic nitrogens is 6. The van der Waals surface area contributed by atoms with Gasteiger partial charge in [0.05, 0.1) is 22.1 Å². The quantitative estimate of drug-likeness (QED) is 0.388. The number of aryl methyl sites for hydroxylation is 2. The van der Waals surface area contributed by atoms with Gasteiger partial charge in [-0.3, -0.25) is 14.0 Å². The van der Waals surface area contributed by atoms with Crippen molar-refractivity contribution >= 4 is 23.2 Å². The third-order valence-corrected chi connectivity index (χ3v) is 5.74. The molecule has 0 aliphatic heterocycles. The van der Waals surface area contributed by atoms with Crippen LogP contribution in [0, 0.1) is 6.92 Å². The van der Waals surface area contributed by atoms with E-state index in [1.165, 1.54) is 4.57 Å². The summed E-state index contributed by atoms with van der Waals surface area (Å²) in [4.78, 5) is 26.7. The molecule has 10 heteroatoms. The lowest BCUT2D eigenvalue weighted by Crippen LogP contribution is -2.24. The molecule has 0 aliphatic rings. The first-order chi connectivity index (χ1) is 16.0. The van der Waals surface area contributed by atoms with Crippen LogP contribution in [0.5, 0.6) is 5.88 Å². The summed E-state index contributed by atoms with van der Waals surface area (Å²) in [6.45, 7) is 7.97. The Morgan fingerprint density at radius 3 is 2.53 bits per heavy atom. The average molecular weight is 499 g/mol. The molecule has 4 aromatic rings. The molecule has 0 saturated heterocycles. The molecule has 0 aliphatic carbocycles. The Morgan fingerprint density at radius 1 is 1.09 bits per heavy atom. The Hall–Kier alpha value is -3.23. The van der Waals surface area contributed by atoms with Gasteiger partial charge in [-0.25, -0.2) is 9.97 Å². The summed E-state index contributed by atoms with van der Waals surface area (Å²) in [6.07, 6.45) is 3.52. The van der Waals surface area contributed by atoms with Gasteiger partial charge >= 0.3 is 0 Å². The van der Waals surface area contributed by atoms with E-state index in [1.54, 1.807) is 36.1 Å². The van der Waals surface area contributed by atoms with E-state index in [2.05, 4.69) is 15.1 Å². The molecule has 3 heterocycles. The average Bonchev–Trinajstić information content (AvgIpc) is 3.21. The van der Waals surface area contributed by atoms with Crippen LogP contribution in [-0.2, 0) is 19.1 Å². The van der Waals surface area contributed by atoms with E-state index in [0.717, 1.165) is 11.3 Å². The Morgan fingerprint density at radius 2 is 1.85 bits per heavy atom. The van der Waals surface area contributed by atoms with Gasteiger partial charge in [-0.05, 0) is 31.2 Å². The molecular weight excluding hydrogens is 475 g/mol. The van der Waals surface area contributed by atoms with Crippen LogP contribution >= 0.6 is 23.2 Å². The number of nitrogens with zero attached hydrogens (tertiary/aromatic N) is 6. The van der Waals surface area contributed by atoms with Crippen molar-refractivity contribution in [3.05, 3.63) is 80.5 Å². The first-order valence-electron chi connectivity index (χ1n) is 10.6. The normalized spacial score (nSPS) is 11.6. The molecule has 0 bridgehead atoms. The van der Waals surface area contributed by atoms with Crippen LogP contribution in [0.1, 0.15) is 38.1 Å². The molecule has 176 valence electrons. The Bertz CT molecular complexity index is 1420. The fourth-order valence-corrected chi connectivity index (χ4v) is 3.75. The summed E-state index contributed by atoms with van der Waals surface area (Å²) in [5, 5.41) is 4.48. The third-order valence-electron chi connectivity index (χ3n) is 5.10. The van der Waals surface area contributed by atoms with Crippen LogP contribution < -0.4 is 10.3 Å². The smallest absolute Gasteiger partial charge is 0.280 e. The van der Waals surface area contributed by atoms with Crippen molar-refractivity contribution in [3.8, 4) is 22.8 Å². The van der Waals surface area contributed by atoms with Crippen molar-refractivity contribution in [2.45, 2.75) is 39.7 Å². The highest BCUT2D eigenvalue weighted by Crippen LogP contribution is 2.29. The summed E-state index contributed by atoms with van der Waals surface area (Å²) in [5.41, 5.74) is 1.95. The van der Waals surface area contributed by atoms with Crippen molar-refractivity contribution in [1.29, 1.82) is 0 Å². The summed E-state index contributed by atoms with van der Waals surface area (Å²) >= 11 is 12.9. The molecule has 34 heavy (non-hydrogen) atoms. The fraction of sp³-hybridized carbons (Fsp3) is 0.292. The van der Waals surface area contributed by atoms with E-state index in [1.807, 2.05) is 46.0 Å². The first-order valence-corrected chi connectivity index (χ1v) is 11.3. The van der Waals surface area contributed by atoms with E-state index in [0.29, 0.717) is 28.1 Å². The number of halogens is 2. The van der Waals surface area contributed by atoms with Crippen LogP contribution in [0.3, 0.4) is 0 Å². The lowest BCUT2D eigenvalue weighted by molar-refractivity contribution is 0.286. The molecule has 0 amide bonds. The van der Waals surface area contributed by atoms with Gasteiger partial charge in [0.15, 0.2) is 5.02 Å². The van der Waals surface area contributed by atoms with E-state index < -0.39 is 5.56 Å². The second-order valence-electron chi connectivity index (χ2n) is 8.87. The van der Waals surface area contributed by atoms with E-state index in [-0.39, 0.29) is 22.9 Å². The van der Waals surface area contributed by atoms with E-state index in [4.69, 9.17) is 32.9 Å². The summed E-state index contributed by atoms with van der Waals surface area (Å²) in [7, 11) is 1.81. The molecule has 0 spiro atoms. The summed E-state index contributed by atoms with van der Waals surface area (Å²) in [5.74, 6) is 1.14. The standard InChI is InChI=1S/C24H24Cl2N6O2/c1-14-28-21(34-13-16-9-11-31(5)30-16)20(26)22(33)32(14)19-12-15(6-7-17(19)25)18-8-10-27-23(29-18)24(2,3)4/h6-12H,13H2,1-5H3. The van der Waals surface area contributed by atoms with Crippen molar-refractivity contribution in [1.82, 2.24) is 29.3 Å². The second-order valence-corrected chi connectivity index (χ2v) is 9.65. The maximum absolute atomic E-state index is 13.2. The van der Waals surface area contributed by atoms with Gasteiger partial charge < -0.3 is 4.74 Å². The predicted molar refractivity (Wildman–Crippen MR) is 132 cm³/mol. The van der Waals surface area contributed by atoms with Crippen LogP contribution in [0.4, 0.5) is 0 Å². The highest BCUT2D eigenvalue weighted by atomic mass is 35.5. The Labute approximate surface area is 207 Å². The third kappa shape index (κ3) is 4.83. The Balaban J connectivity index is 1.73. The van der Waals surface area contributed by atoms with Gasteiger partial charge in [-0.1, -0.05) is 50.0 Å². The number of benzene rings is 1. The van der Waals surface area contributed by atoms with Crippen LogP contribution in [-0.4, -0.2) is 29.3 Å². The minimum Gasteiger partial charge on any atom is -0.470 e. The topological polar surface area (TPSA) is 87.7 Å². The molecule has 8 nitrogen and oxygen atoms in total. The van der Waals surface area contributed by atoms with Gasteiger partial charge in [0.1, 0.15) is 18.3 Å². The van der Waals surface area contributed by atoms with Gasteiger partial charge in [0.25, 0.3) is 5.56 Å². The van der Waals surface area contributed by atoms with Crippen molar-refractivity contribution in [2.24, 2.45) is 7.05 Å². The lowest BCUT2D eigenvalue weighted by atomic mass is 9.95. The van der Waals surface area contributed by atoms with Crippen LogP contribution in [0.15, 0.2) is 47.5 Å². The van der Waals surface area contributed by atoms with Crippen LogP contribution in [0.25, 0.3) is 16.9 Å². The largest absolute Gasteiger partial charge is 0.470 e. The fourth-order valence-electron chi connectivity index (χ4n) is 3.37. The first kappa shape index (κ1) is 23.9. The zero-order valence-corrected chi connectivity index (χ0v) is 21.0. The van der Waals surface area contributed by atoms with Gasteiger partial charge in [-0.2, -0.15) is 10.1 Å². The number of hydrogen-bond acceptors (Lipinski definition) is 6. The zero-order chi connectivity index (χ0) is 24.6. The van der Waals surface area contributed by atoms with Gasteiger partial charge in [0, 0.05) is 30.4 Å². The molecule has 0 unspecified atom stereocenters. The molecule has 0 atom stereocenters. The summed E-state index contributed by atoms with van der Waals surface area (Å²) in [6, 6.07) is 8.98. The molecule has 0 N–H and O–H groups in total. The number of ether oxygens (including phenoxy) is 1. The van der Waals surface area contributed by atoms with Gasteiger partial charge in [-0.15, -0.1) is 0 Å². The molecule has 4 rings (SSSR count). The maximum atomic E-state index is 13.2. The van der Waals surface area contributed by atoms with Gasteiger partial charge in [0.2, 0.25) is 5.88 Å². The minimum atomic E-state index is -0.484. The van der Waals surface area contributed by atoms with E-state index in [9.17, 15) is 4.79 Å². The van der Waals surface area contributed by atoms with E-state index >= 15 is 0 Å². The lowest BCUT2D eigenvalue weighted by Gasteiger charge is -2.17. The highest BCUT2D eigenvalue weighted by Gasteiger charge is 2.20. The van der Waals surface area contributed by atoms with Crippen molar-refractivity contribution in [3.63, 3.8) is 0 Å². The minimum absolute atomic E-state index is 0.0453. The second kappa shape index (κ2) is 9.19. The molecule has 0 saturated carbocycles. The number of hydrogen-bond donors (Lipinski definition) is 0. The predicted octanol–water partition coefficient (Wildman–Crippen LogP) is 4.91. The molecule has 0 fully saturated rings. The molecule has 1 aromatic carbocycles. The molecule has 3 aromatic heterocycles. The highest BCUT2D eigenvalue weighted by molar-refractivity contribution is 6.33. The van der Waals surface area contributed by atoms with Crippen LogP contribution in [0.2, 0.25) is 10.0 Å². The number of rotatable bonds is 5. The summed E-state index contributed by atoms with van der Waals surface area (Å²) < 4.78 is 8.70. The zero-order valence-electron chi connectivity index (χ0n) is 19.5. The SMILES string of the molecule is Cc1nc(OCc2ccn(C)n2)c(Cl)c(=O)n1-c1cc(-c2ccnc(C(C)(C)C)n2)ccc1Cl. The molecule has 0 radical (unpaired) electrons.